The van der Waals surface area contributed by atoms with Crippen molar-refractivity contribution in [3.63, 3.8) is 0 Å². The molecule has 1 aromatic carbocycles. The summed E-state index contributed by atoms with van der Waals surface area (Å²) in [4.78, 5) is 41.2. The van der Waals surface area contributed by atoms with Gasteiger partial charge in [0.1, 0.15) is 5.75 Å². The molecule has 0 radical (unpaired) electrons. The van der Waals surface area contributed by atoms with Gasteiger partial charge in [0.2, 0.25) is 0 Å². The van der Waals surface area contributed by atoms with Crippen molar-refractivity contribution in [2.24, 2.45) is 0 Å². The zero-order chi connectivity index (χ0) is 18.7. The fourth-order valence-corrected chi connectivity index (χ4v) is 3.72. The molecule has 136 valence electrons. The molecule has 1 aromatic heterocycles. The molecular formula is C19H20N2O4S. The lowest BCUT2D eigenvalue weighted by atomic mass is 10.1. The zero-order valence-electron chi connectivity index (χ0n) is 14.7. The molecule has 2 aromatic rings. The van der Waals surface area contributed by atoms with Gasteiger partial charge in [-0.3, -0.25) is 14.4 Å². The second kappa shape index (κ2) is 7.70. The van der Waals surface area contributed by atoms with Crippen LogP contribution in [0, 0.1) is 0 Å². The molecule has 0 unspecified atom stereocenters. The maximum atomic E-state index is 12.6. The number of rotatable bonds is 4. The number of carbonyl (C=O) groups excluding carboxylic acids is 3. The van der Waals surface area contributed by atoms with E-state index in [9.17, 15) is 14.4 Å². The highest BCUT2D eigenvalue weighted by Gasteiger charge is 2.26. The average Bonchev–Trinajstić information content (AvgIpc) is 3.17. The summed E-state index contributed by atoms with van der Waals surface area (Å²) in [5.41, 5.74) is 0.577. The minimum Gasteiger partial charge on any atom is -0.497 e. The van der Waals surface area contributed by atoms with E-state index in [4.69, 9.17) is 4.74 Å². The second-order valence-corrected chi connectivity index (χ2v) is 7.12. The number of ketones is 1. The molecule has 0 bridgehead atoms. The molecule has 7 heteroatoms. The van der Waals surface area contributed by atoms with Gasteiger partial charge >= 0.3 is 0 Å². The van der Waals surface area contributed by atoms with E-state index in [1.807, 2.05) is 0 Å². The minimum atomic E-state index is -0.0871. The van der Waals surface area contributed by atoms with Crippen LogP contribution in [0.15, 0.2) is 36.4 Å². The summed E-state index contributed by atoms with van der Waals surface area (Å²) in [6.07, 6.45) is 0. The number of hydrogen-bond acceptors (Lipinski definition) is 5. The SMILES string of the molecule is COc1cccc(C(=O)N2CCN(C(=O)c3ccc(C(C)=O)s3)CC2)c1. The Hall–Kier alpha value is -2.67. The number of Topliss-reactive ketones (excluding diaryl/α,β-unsaturated/α-hetero) is 1. The minimum absolute atomic E-state index is 0.0391. The molecule has 0 aliphatic carbocycles. The number of hydrogen-bond donors (Lipinski definition) is 0. The van der Waals surface area contributed by atoms with Crippen LogP contribution < -0.4 is 4.74 Å². The smallest absolute Gasteiger partial charge is 0.264 e. The van der Waals surface area contributed by atoms with Gasteiger partial charge in [0, 0.05) is 31.7 Å². The lowest BCUT2D eigenvalue weighted by Gasteiger charge is -2.34. The normalized spacial score (nSPS) is 14.2. The van der Waals surface area contributed by atoms with Gasteiger partial charge in [-0.1, -0.05) is 6.07 Å². The van der Waals surface area contributed by atoms with Crippen LogP contribution in [0.5, 0.6) is 5.75 Å². The Labute approximate surface area is 156 Å². The number of amides is 2. The van der Waals surface area contributed by atoms with E-state index in [1.54, 1.807) is 53.3 Å². The van der Waals surface area contributed by atoms with Crippen molar-refractivity contribution in [2.45, 2.75) is 6.92 Å². The van der Waals surface area contributed by atoms with E-state index in [1.165, 1.54) is 18.3 Å². The molecule has 2 heterocycles. The third-order valence-electron chi connectivity index (χ3n) is 4.33. The van der Waals surface area contributed by atoms with Gasteiger partial charge < -0.3 is 14.5 Å². The molecule has 6 nitrogen and oxygen atoms in total. The van der Waals surface area contributed by atoms with Crippen LogP contribution in [0.2, 0.25) is 0 Å². The summed E-state index contributed by atoms with van der Waals surface area (Å²) in [6, 6.07) is 10.4. The predicted molar refractivity (Wildman–Crippen MR) is 99.1 cm³/mol. The molecule has 1 aliphatic heterocycles. The van der Waals surface area contributed by atoms with Crippen LogP contribution in [0.1, 0.15) is 36.6 Å². The Morgan fingerprint density at radius 2 is 1.54 bits per heavy atom. The number of piperazine rings is 1. The lowest BCUT2D eigenvalue weighted by molar-refractivity contribution is 0.0538. The standard InChI is InChI=1S/C19H20N2O4S/c1-13(22)16-6-7-17(26-16)19(24)21-10-8-20(9-11-21)18(23)14-4-3-5-15(12-14)25-2/h3-7,12H,8-11H2,1-2H3. The molecule has 26 heavy (non-hydrogen) atoms. The van der Waals surface area contributed by atoms with Crippen molar-refractivity contribution in [1.82, 2.24) is 9.80 Å². The van der Waals surface area contributed by atoms with E-state index in [2.05, 4.69) is 0 Å². The van der Waals surface area contributed by atoms with E-state index in [-0.39, 0.29) is 17.6 Å². The third-order valence-corrected chi connectivity index (χ3v) is 5.51. The van der Waals surface area contributed by atoms with E-state index < -0.39 is 0 Å². The molecule has 2 amide bonds. The first kappa shape index (κ1) is 18.1. The van der Waals surface area contributed by atoms with E-state index in [0.717, 1.165) is 0 Å². The maximum absolute atomic E-state index is 12.6. The summed E-state index contributed by atoms with van der Waals surface area (Å²) < 4.78 is 5.16. The Morgan fingerprint density at radius 1 is 0.923 bits per heavy atom. The number of thiophene rings is 1. The number of carbonyl (C=O) groups is 3. The highest BCUT2D eigenvalue weighted by Crippen LogP contribution is 2.20. The van der Waals surface area contributed by atoms with Crippen molar-refractivity contribution in [3.05, 3.63) is 51.7 Å². The predicted octanol–water partition coefficient (Wildman–Crippen LogP) is 2.56. The summed E-state index contributed by atoms with van der Waals surface area (Å²) in [7, 11) is 1.57. The molecular weight excluding hydrogens is 352 g/mol. The van der Waals surface area contributed by atoms with Gasteiger partial charge in [-0.25, -0.2) is 0 Å². The average molecular weight is 372 g/mol. The van der Waals surface area contributed by atoms with Gasteiger partial charge in [-0.2, -0.15) is 0 Å². The van der Waals surface area contributed by atoms with Crippen molar-refractivity contribution in [1.29, 1.82) is 0 Å². The molecule has 0 N–H and O–H groups in total. The van der Waals surface area contributed by atoms with E-state index >= 15 is 0 Å². The van der Waals surface area contributed by atoms with Crippen molar-refractivity contribution >= 4 is 28.9 Å². The first-order chi connectivity index (χ1) is 12.5. The Kier molecular flexibility index (Phi) is 5.37. The molecule has 0 saturated carbocycles. The molecule has 3 rings (SSSR count). The first-order valence-electron chi connectivity index (χ1n) is 8.33. The van der Waals surface area contributed by atoms with Crippen molar-refractivity contribution < 1.29 is 19.1 Å². The van der Waals surface area contributed by atoms with Crippen LogP contribution >= 0.6 is 11.3 Å². The highest BCUT2D eigenvalue weighted by atomic mass is 32.1. The van der Waals surface area contributed by atoms with Crippen molar-refractivity contribution in [2.75, 3.05) is 33.3 Å². The molecule has 0 spiro atoms. The summed E-state index contributed by atoms with van der Waals surface area (Å²) in [5.74, 6) is 0.452. The second-order valence-electron chi connectivity index (χ2n) is 6.04. The molecule has 1 aliphatic rings. The number of ether oxygens (including phenoxy) is 1. The number of nitrogens with zero attached hydrogens (tertiary/aromatic N) is 2. The Bertz CT molecular complexity index is 838. The molecule has 0 atom stereocenters. The lowest BCUT2D eigenvalue weighted by Crippen LogP contribution is -2.50. The topological polar surface area (TPSA) is 66.9 Å². The van der Waals surface area contributed by atoms with Crippen LogP contribution in [-0.2, 0) is 0 Å². The maximum Gasteiger partial charge on any atom is 0.264 e. The van der Waals surface area contributed by atoms with Crippen LogP contribution in [0.3, 0.4) is 0 Å². The van der Waals surface area contributed by atoms with Crippen LogP contribution in [-0.4, -0.2) is 60.7 Å². The monoisotopic (exact) mass is 372 g/mol. The summed E-state index contributed by atoms with van der Waals surface area (Å²) in [6.45, 7) is 3.40. The largest absolute Gasteiger partial charge is 0.497 e. The number of benzene rings is 1. The fraction of sp³-hybridized carbons (Fsp3) is 0.316. The summed E-state index contributed by atoms with van der Waals surface area (Å²) >= 11 is 1.22. The third kappa shape index (κ3) is 3.77. The van der Waals surface area contributed by atoms with Crippen LogP contribution in [0.4, 0.5) is 0 Å². The van der Waals surface area contributed by atoms with Gasteiger partial charge in [-0.15, -0.1) is 11.3 Å². The summed E-state index contributed by atoms with van der Waals surface area (Å²) in [5, 5.41) is 0. The van der Waals surface area contributed by atoms with Crippen molar-refractivity contribution in [3.8, 4) is 5.75 Å². The highest BCUT2D eigenvalue weighted by molar-refractivity contribution is 7.15. The molecule has 1 fully saturated rings. The van der Waals surface area contributed by atoms with Gasteiger partial charge in [-0.05, 0) is 37.3 Å². The molecule has 1 saturated heterocycles. The Morgan fingerprint density at radius 3 is 2.12 bits per heavy atom. The fourth-order valence-electron chi connectivity index (χ4n) is 2.85. The van der Waals surface area contributed by atoms with E-state index in [0.29, 0.717) is 47.2 Å². The van der Waals surface area contributed by atoms with Gasteiger partial charge in [0.25, 0.3) is 11.8 Å². The zero-order valence-corrected chi connectivity index (χ0v) is 15.5. The van der Waals surface area contributed by atoms with Gasteiger partial charge in [0.05, 0.1) is 16.9 Å². The van der Waals surface area contributed by atoms with Gasteiger partial charge in [0.15, 0.2) is 5.78 Å². The number of methoxy groups -OCH3 is 1. The van der Waals surface area contributed by atoms with Crippen LogP contribution in [0.25, 0.3) is 0 Å². The quantitative estimate of drug-likeness (QED) is 0.774. The first-order valence-corrected chi connectivity index (χ1v) is 9.14. The Balaban J connectivity index is 1.62.